The second-order valence-electron chi connectivity index (χ2n) is 8.01. The van der Waals surface area contributed by atoms with Crippen LogP contribution in [0.3, 0.4) is 0 Å². The van der Waals surface area contributed by atoms with Gasteiger partial charge in [-0.3, -0.25) is 4.98 Å². The lowest BCUT2D eigenvalue weighted by Gasteiger charge is -2.33. The summed E-state index contributed by atoms with van der Waals surface area (Å²) in [6.45, 7) is 0. The lowest BCUT2D eigenvalue weighted by atomic mass is 10.00. The molecule has 0 saturated carbocycles. The van der Waals surface area contributed by atoms with Crippen molar-refractivity contribution >= 4 is 28.8 Å². The van der Waals surface area contributed by atoms with Crippen molar-refractivity contribution in [2.24, 2.45) is 0 Å². The van der Waals surface area contributed by atoms with E-state index in [1.54, 1.807) is 18.3 Å². The molecule has 3 nitrogen and oxygen atoms in total. The van der Waals surface area contributed by atoms with Crippen molar-refractivity contribution in [1.82, 2.24) is 4.98 Å². The van der Waals surface area contributed by atoms with Gasteiger partial charge in [-0.2, -0.15) is 5.26 Å². The molecular weight excluding hydrogens is 434 g/mol. The number of benzene rings is 4. The molecule has 0 bridgehead atoms. The molecule has 0 unspecified atom stereocenters. The third-order valence-corrected chi connectivity index (χ3v) is 7.09. The molecule has 0 radical (unpaired) electrons. The number of hydrogen-bond acceptors (Lipinski definition) is 4. The van der Waals surface area contributed by atoms with Crippen LogP contribution in [0.25, 0.3) is 22.4 Å². The van der Waals surface area contributed by atoms with Crippen LogP contribution < -0.4 is 4.90 Å². The molecule has 4 heteroatoms. The Labute approximate surface area is 203 Å². The van der Waals surface area contributed by atoms with Crippen LogP contribution in [0.15, 0.2) is 125 Å². The molecule has 2 heterocycles. The van der Waals surface area contributed by atoms with E-state index in [1.807, 2.05) is 23.9 Å². The summed E-state index contributed by atoms with van der Waals surface area (Å²) >= 11 is 1.81. The van der Waals surface area contributed by atoms with E-state index in [0.717, 1.165) is 22.4 Å². The molecule has 1 aromatic heterocycles. The molecule has 0 fully saturated rings. The Morgan fingerprint density at radius 2 is 1.32 bits per heavy atom. The normalized spacial score (nSPS) is 11.9. The first-order valence-electron chi connectivity index (χ1n) is 11.0. The first-order valence-corrected chi connectivity index (χ1v) is 11.9. The summed E-state index contributed by atoms with van der Waals surface area (Å²) in [6.07, 6.45) is 1.72. The number of fused-ring (bicyclic) bond motifs is 2. The summed E-state index contributed by atoms with van der Waals surface area (Å²) in [4.78, 5) is 9.25. The smallest absolute Gasteiger partial charge is 0.101 e. The summed E-state index contributed by atoms with van der Waals surface area (Å²) in [5.74, 6) is 0. The van der Waals surface area contributed by atoms with Crippen molar-refractivity contribution in [1.29, 1.82) is 5.26 Å². The molecule has 1 aliphatic heterocycles. The highest BCUT2D eigenvalue weighted by molar-refractivity contribution is 7.99. The molecule has 0 atom stereocenters. The van der Waals surface area contributed by atoms with Gasteiger partial charge in [0, 0.05) is 27.2 Å². The fourth-order valence-corrected chi connectivity index (χ4v) is 5.41. The third-order valence-electron chi connectivity index (χ3n) is 5.96. The molecule has 0 aliphatic carbocycles. The number of pyridine rings is 1. The average molecular weight is 454 g/mol. The monoisotopic (exact) mass is 453 g/mol. The van der Waals surface area contributed by atoms with Gasteiger partial charge in [-0.15, -0.1) is 0 Å². The molecule has 0 saturated heterocycles. The molecule has 0 amide bonds. The van der Waals surface area contributed by atoms with Crippen LogP contribution in [0.1, 0.15) is 5.56 Å². The van der Waals surface area contributed by atoms with E-state index in [1.165, 1.54) is 21.2 Å². The first kappa shape index (κ1) is 20.3. The van der Waals surface area contributed by atoms with E-state index < -0.39 is 0 Å². The number of hydrogen-bond donors (Lipinski definition) is 0. The van der Waals surface area contributed by atoms with Crippen LogP contribution in [-0.2, 0) is 0 Å². The van der Waals surface area contributed by atoms with E-state index in [9.17, 15) is 5.26 Å². The molecule has 0 N–H and O–H groups in total. The summed E-state index contributed by atoms with van der Waals surface area (Å²) in [5, 5.41) is 9.41. The average Bonchev–Trinajstić information content (AvgIpc) is 2.92. The molecule has 160 valence electrons. The molecule has 1 aliphatic rings. The van der Waals surface area contributed by atoms with Crippen molar-refractivity contribution < 1.29 is 0 Å². The molecule has 34 heavy (non-hydrogen) atoms. The SMILES string of the molecule is N#Cc1cccnc1-c1ccc(-c2cccc(N3c4ccccc4Sc4ccccc43)c2)cc1. The molecule has 6 rings (SSSR count). The molecular formula is C30H19N3S. The van der Waals surface area contributed by atoms with Crippen LogP contribution in [-0.4, -0.2) is 4.98 Å². The van der Waals surface area contributed by atoms with E-state index in [2.05, 4.69) is 101 Å². The van der Waals surface area contributed by atoms with Crippen molar-refractivity contribution in [3.63, 3.8) is 0 Å². The molecule has 5 aromatic rings. The first-order chi connectivity index (χ1) is 16.8. The van der Waals surface area contributed by atoms with Gasteiger partial charge in [-0.05, 0) is 59.7 Å². The minimum Gasteiger partial charge on any atom is -0.308 e. The third kappa shape index (κ3) is 3.53. The van der Waals surface area contributed by atoms with Gasteiger partial charge in [0.1, 0.15) is 6.07 Å². The Balaban J connectivity index is 1.41. The largest absolute Gasteiger partial charge is 0.308 e. The van der Waals surface area contributed by atoms with Crippen LogP contribution in [0.4, 0.5) is 17.1 Å². The van der Waals surface area contributed by atoms with Gasteiger partial charge in [0.05, 0.1) is 22.6 Å². The van der Waals surface area contributed by atoms with E-state index in [-0.39, 0.29) is 0 Å². The van der Waals surface area contributed by atoms with Crippen molar-refractivity contribution in [2.45, 2.75) is 9.79 Å². The minimum atomic E-state index is 0.581. The predicted molar refractivity (Wildman–Crippen MR) is 139 cm³/mol. The van der Waals surface area contributed by atoms with Crippen LogP contribution in [0.5, 0.6) is 0 Å². The standard InChI is InChI=1S/C30H19N3S/c31-20-24-8-6-18-32-30(24)22-16-14-21(15-17-22)23-7-5-9-25(19-23)33-26-10-1-3-12-28(26)34-29-13-4-2-11-27(29)33/h1-19H. The molecule has 4 aromatic carbocycles. The molecule has 0 spiro atoms. The van der Waals surface area contributed by atoms with Gasteiger partial charge < -0.3 is 4.90 Å². The van der Waals surface area contributed by atoms with Gasteiger partial charge >= 0.3 is 0 Å². The van der Waals surface area contributed by atoms with Gasteiger partial charge in [0.25, 0.3) is 0 Å². The number of nitriles is 1. The zero-order chi connectivity index (χ0) is 22.9. The predicted octanol–water partition coefficient (Wildman–Crippen LogP) is 8.22. The Hall–Kier alpha value is -4.33. The number of rotatable bonds is 3. The Morgan fingerprint density at radius 3 is 2.03 bits per heavy atom. The second kappa shape index (κ2) is 8.55. The van der Waals surface area contributed by atoms with Gasteiger partial charge in [-0.1, -0.05) is 72.4 Å². The quantitative estimate of drug-likeness (QED) is 0.271. The maximum absolute atomic E-state index is 9.41. The van der Waals surface area contributed by atoms with E-state index in [0.29, 0.717) is 11.3 Å². The maximum atomic E-state index is 9.41. The van der Waals surface area contributed by atoms with Crippen molar-refractivity contribution in [2.75, 3.05) is 4.90 Å². The van der Waals surface area contributed by atoms with Crippen molar-refractivity contribution in [3.8, 4) is 28.5 Å². The highest BCUT2D eigenvalue weighted by Crippen LogP contribution is 2.51. The summed E-state index contributed by atoms with van der Waals surface area (Å²) in [7, 11) is 0. The fourth-order valence-electron chi connectivity index (χ4n) is 4.35. The van der Waals surface area contributed by atoms with Crippen LogP contribution in [0.2, 0.25) is 0 Å². The highest BCUT2D eigenvalue weighted by Gasteiger charge is 2.24. The highest BCUT2D eigenvalue weighted by atomic mass is 32.2. The summed E-state index contributed by atoms with van der Waals surface area (Å²) in [6, 6.07) is 39.8. The van der Waals surface area contributed by atoms with Gasteiger partial charge in [0.2, 0.25) is 0 Å². The second-order valence-corrected chi connectivity index (χ2v) is 9.10. The Bertz CT molecular complexity index is 1500. The van der Waals surface area contributed by atoms with Gasteiger partial charge in [0.15, 0.2) is 0 Å². The van der Waals surface area contributed by atoms with E-state index >= 15 is 0 Å². The summed E-state index contributed by atoms with van der Waals surface area (Å²) in [5.41, 5.74) is 8.00. The van der Waals surface area contributed by atoms with E-state index in [4.69, 9.17) is 0 Å². The minimum absolute atomic E-state index is 0.581. The fraction of sp³-hybridized carbons (Fsp3) is 0. The maximum Gasteiger partial charge on any atom is 0.101 e. The Morgan fingerprint density at radius 1 is 0.647 bits per heavy atom. The van der Waals surface area contributed by atoms with Crippen LogP contribution >= 0.6 is 11.8 Å². The lowest BCUT2D eigenvalue weighted by Crippen LogP contribution is -2.14. The zero-order valence-electron chi connectivity index (χ0n) is 18.2. The summed E-state index contributed by atoms with van der Waals surface area (Å²) < 4.78 is 0. The Kier molecular flexibility index (Phi) is 5.10. The van der Waals surface area contributed by atoms with Crippen molar-refractivity contribution in [3.05, 3.63) is 121 Å². The number of aromatic nitrogens is 1. The lowest BCUT2D eigenvalue weighted by molar-refractivity contribution is 1.17. The zero-order valence-corrected chi connectivity index (χ0v) is 19.0. The number of nitrogens with zero attached hydrogens (tertiary/aromatic N) is 3. The number of anilines is 3. The number of para-hydroxylation sites is 2. The van der Waals surface area contributed by atoms with Crippen LogP contribution in [0, 0.1) is 11.3 Å². The van der Waals surface area contributed by atoms with Gasteiger partial charge in [-0.25, -0.2) is 0 Å². The topological polar surface area (TPSA) is 39.9 Å².